The van der Waals surface area contributed by atoms with Gasteiger partial charge in [-0.15, -0.1) is 0 Å². The lowest BCUT2D eigenvalue weighted by Gasteiger charge is -2.16. The molecule has 4 heteroatoms. The lowest BCUT2D eigenvalue weighted by Crippen LogP contribution is -2.32. The Labute approximate surface area is 91.6 Å². The first-order valence-corrected chi connectivity index (χ1v) is 6.54. The van der Waals surface area contributed by atoms with Gasteiger partial charge in [-0.25, -0.2) is 13.1 Å². The van der Waals surface area contributed by atoms with Crippen molar-refractivity contribution >= 4 is 10.0 Å². The van der Waals surface area contributed by atoms with Crippen molar-refractivity contribution in [2.75, 3.05) is 0 Å². The molecular weight excluding hydrogens is 210 g/mol. The first kappa shape index (κ1) is 12.2. The molecule has 84 valence electrons. The van der Waals surface area contributed by atoms with Crippen molar-refractivity contribution in [3.63, 3.8) is 0 Å². The van der Waals surface area contributed by atoms with Gasteiger partial charge >= 0.3 is 0 Å². The minimum absolute atomic E-state index is 0.182. The van der Waals surface area contributed by atoms with E-state index >= 15 is 0 Å². The number of nitrogens with one attached hydrogen (secondary N) is 1. The van der Waals surface area contributed by atoms with Gasteiger partial charge in [-0.3, -0.25) is 0 Å². The molecule has 0 bridgehead atoms. The van der Waals surface area contributed by atoms with Gasteiger partial charge in [-0.1, -0.05) is 30.3 Å². The fourth-order valence-corrected chi connectivity index (χ4v) is 2.09. The molecule has 15 heavy (non-hydrogen) atoms. The van der Waals surface area contributed by atoms with E-state index in [0.717, 1.165) is 5.56 Å². The van der Waals surface area contributed by atoms with Gasteiger partial charge in [0.15, 0.2) is 0 Å². The van der Waals surface area contributed by atoms with Gasteiger partial charge in [0.05, 0.1) is 5.25 Å². The Hall–Kier alpha value is -0.870. The van der Waals surface area contributed by atoms with E-state index < -0.39 is 15.3 Å². The van der Waals surface area contributed by atoms with Crippen molar-refractivity contribution in [1.29, 1.82) is 0 Å². The van der Waals surface area contributed by atoms with Crippen molar-refractivity contribution < 1.29 is 8.42 Å². The molecular formula is C11H17NO2S. The molecule has 0 aliphatic rings. The summed E-state index contributed by atoms with van der Waals surface area (Å²) in [7, 11) is -3.20. The second-order valence-electron chi connectivity index (χ2n) is 3.84. The van der Waals surface area contributed by atoms with E-state index in [1.807, 2.05) is 37.3 Å². The smallest absolute Gasteiger partial charge is 0.212 e. The Morgan fingerprint density at radius 1 is 1.07 bits per heavy atom. The zero-order valence-electron chi connectivity index (χ0n) is 9.27. The van der Waals surface area contributed by atoms with Crippen LogP contribution in [0.4, 0.5) is 0 Å². The normalized spacial score (nSPS) is 14.1. The molecule has 0 heterocycles. The first-order valence-electron chi connectivity index (χ1n) is 4.99. The average Bonchev–Trinajstić information content (AvgIpc) is 2.18. The summed E-state index contributed by atoms with van der Waals surface area (Å²) in [6.07, 6.45) is 0. The van der Waals surface area contributed by atoms with Crippen molar-refractivity contribution in [2.24, 2.45) is 0 Å². The molecule has 0 aliphatic heterocycles. The highest BCUT2D eigenvalue weighted by molar-refractivity contribution is 7.90. The molecule has 0 aliphatic carbocycles. The first-order chi connectivity index (χ1) is 6.93. The standard InChI is InChI=1S/C11H17NO2S/c1-9(2)15(13,14)12-10(3)11-7-5-4-6-8-11/h4-10,12H,1-3H3/t10-/m1/s1. The van der Waals surface area contributed by atoms with E-state index in [1.165, 1.54) is 0 Å². The minimum atomic E-state index is -3.20. The van der Waals surface area contributed by atoms with Crippen molar-refractivity contribution in [3.05, 3.63) is 35.9 Å². The van der Waals surface area contributed by atoms with Crippen LogP contribution in [0.1, 0.15) is 32.4 Å². The summed E-state index contributed by atoms with van der Waals surface area (Å²) in [5.74, 6) is 0. The summed E-state index contributed by atoms with van der Waals surface area (Å²) in [4.78, 5) is 0. The highest BCUT2D eigenvalue weighted by Crippen LogP contribution is 2.13. The summed E-state index contributed by atoms with van der Waals surface area (Å²) in [5.41, 5.74) is 0.974. The predicted molar refractivity (Wildman–Crippen MR) is 62.0 cm³/mol. The maximum absolute atomic E-state index is 11.6. The topological polar surface area (TPSA) is 46.2 Å². The molecule has 0 spiro atoms. The van der Waals surface area contributed by atoms with Crippen molar-refractivity contribution in [1.82, 2.24) is 4.72 Å². The van der Waals surface area contributed by atoms with Crippen LogP contribution in [0.3, 0.4) is 0 Å². The van der Waals surface area contributed by atoms with Crippen LogP contribution in [-0.4, -0.2) is 13.7 Å². The molecule has 0 saturated carbocycles. The summed E-state index contributed by atoms with van der Waals surface area (Å²) >= 11 is 0. The number of sulfonamides is 1. The zero-order chi connectivity index (χ0) is 11.5. The molecule has 0 saturated heterocycles. The maximum atomic E-state index is 11.6. The van der Waals surface area contributed by atoms with Gasteiger partial charge in [0, 0.05) is 6.04 Å². The predicted octanol–water partition coefficient (Wildman–Crippen LogP) is 2.08. The van der Waals surface area contributed by atoms with Gasteiger partial charge in [0.25, 0.3) is 0 Å². The second kappa shape index (κ2) is 4.77. The van der Waals surface area contributed by atoms with Crippen molar-refractivity contribution in [3.8, 4) is 0 Å². The third-order valence-electron chi connectivity index (χ3n) is 2.26. The Balaban J connectivity index is 2.77. The van der Waals surface area contributed by atoms with Gasteiger partial charge in [0.2, 0.25) is 10.0 Å². The molecule has 0 radical (unpaired) electrons. The maximum Gasteiger partial charge on any atom is 0.214 e. The SMILES string of the molecule is CC(C)S(=O)(=O)N[C@H](C)c1ccccc1. The van der Waals surface area contributed by atoms with Crippen LogP contribution < -0.4 is 4.72 Å². The monoisotopic (exact) mass is 227 g/mol. The van der Waals surface area contributed by atoms with Crippen LogP contribution in [0.2, 0.25) is 0 Å². The highest BCUT2D eigenvalue weighted by Gasteiger charge is 2.18. The van der Waals surface area contributed by atoms with E-state index in [1.54, 1.807) is 13.8 Å². The van der Waals surface area contributed by atoms with E-state index in [4.69, 9.17) is 0 Å². The number of rotatable bonds is 4. The lowest BCUT2D eigenvalue weighted by atomic mass is 10.1. The van der Waals surface area contributed by atoms with Crippen LogP contribution in [0.15, 0.2) is 30.3 Å². The van der Waals surface area contributed by atoms with E-state index in [-0.39, 0.29) is 6.04 Å². The Kier molecular flexibility index (Phi) is 3.88. The molecule has 0 amide bonds. The van der Waals surface area contributed by atoms with E-state index in [0.29, 0.717) is 0 Å². The molecule has 1 aromatic carbocycles. The van der Waals surface area contributed by atoms with Gasteiger partial charge in [-0.05, 0) is 26.3 Å². The Morgan fingerprint density at radius 2 is 1.60 bits per heavy atom. The minimum Gasteiger partial charge on any atom is -0.212 e. The van der Waals surface area contributed by atoms with E-state index in [2.05, 4.69) is 4.72 Å². The molecule has 0 fully saturated rings. The Bertz CT molecular complexity index is 398. The molecule has 0 aromatic heterocycles. The third-order valence-corrected chi connectivity index (χ3v) is 4.18. The molecule has 1 rings (SSSR count). The lowest BCUT2D eigenvalue weighted by molar-refractivity contribution is 0.558. The van der Waals surface area contributed by atoms with E-state index in [9.17, 15) is 8.42 Å². The van der Waals surface area contributed by atoms with Crippen LogP contribution in [0.5, 0.6) is 0 Å². The zero-order valence-corrected chi connectivity index (χ0v) is 10.1. The average molecular weight is 227 g/mol. The molecule has 1 N–H and O–H groups in total. The number of hydrogen-bond donors (Lipinski definition) is 1. The van der Waals surface area contributed by atoms with Gasteiger partial charge in [-0.2, -0.15) is 0 Å². The quantitative estimate of drug-likeness (QED) is 0.856. The molecule has 0 unspecified atom stereocenters. The summed E-state index contributed by atoms with van der Waals surface area (Å²) in [5, 5.41) is -0.399. The van der Waals surface area contributed by atoms with Gasteiger partial charge < -0.3 is 0 Å². The summed E-state index contributed by atoms with van der Waals surface area (Å²) in [6, 6.07) is 9.35. The van der Waals surface area contributed by atoms with Crippen molar-refractivity contribution in [2.45, 2.75) is 32.1 Å². The largest absolute Gasteiger partial charge is 0.214 e. The fourth-order valence-electron chi connectivity index (χ4n) is 1.19. The van der Waals surface area contributed by atoms with Crippen LogP contribution in [0.25, 0.3) is 0 Å². The van der Waals surface area contributed by atoms with Crippen LogP contribution in [0, 0.1) is 0 Å². The van der Waals surface area contributed by atoms with Gasteiger partial charge in [0.1, 0.15) is 0 Å². The fraction of sp³-hybridized carbons (Fsp3) is 0.455. The summed E-state index contributed by atoms with van der Waals surface area (Å²) < 4.78 is 25.9. The number of benzene rings is 1. The number of hydrogen-bond acceptors (Lipinski definition) is 2. The van der Waals surface area contributed by atoms with Crippen LogP contribution in [-0.2, 0) is 10.0 Å². The molecule has 1 aromatic rings. The third kappa shape index (κ3) is 3.32. The molecule has 1 atom stereocenters. The summed E-state index contributed by atoms with van der Waals surface area (Å²) in [6.45, 7) is 5.18. The highest BCUT2D eigenvalue weighted by atomic mass is 32.2. The molecule has 3 nitrogen and oxygen atoms in total. The second-order valence-corrected chi connectivity index (χ2v) is 6.11. The van der Waals surface area contributed by atoms with Crippen LogP contribution >= 0.6 is 0 Å². The Morgan fingerprint density at radius 3 is 2.07 bits per heavy atom.